The van der Waals surface area contributed by atoms with Crippen molar-refractivity contribution in [2.45, 2.75) is 36.8 Å². The maximum atomic E-state index is 11.5. The van der Waals surface area contributed by atoms with Crippen LogP contribution in [0.3, 0.4) is 0 Å². The molecule has 0 atom stereocenters. The van der Waals surface area contributed by atoms with Crippen LogP contribution >= 0.6 is 11.8 Å². The summed E-state index contributed by atoms with van der Waals surface area (Å²) in [6.45, 7) is 1.84. The number of carbonyl (C=O) groups excluding carboxylic acids is 1. The van der Waals surface area contributed by atoms with E-state index >= 15 is 0 Å². The normalized spacial score (nSPS) is 13.2. The van der Waals surface area contributed by atoms with Crippen LogP contribution in [0.5, 0.6) is 0 Å². The van der Waals surface area contributed by atoms with Gasteiger partial charge in [0.15, 0.2) is 5.76 Å². The molecule has 1 aromatic carbocycles. The van der Waals surface area contributed by atoms with Gasteiger partial charge in [-0.2, -0.15) is 0 Å². The maximum Gasteiger partial charge on any atom is 0.301 e. The number of hydrogen-bond donors (Lipinski definition) is 2. The summed E-state index contributed by atoms with van der Waals surface area (Å²) in [4.78, 5) is 12.8. The summed E-state index contributed by atoms with van der Waals surface area (Å²) >= 11 is 1.72. The van der Waals surface area contributed by atoms with Crippen molar-refractivity contribution in [3.63, 3.8) is 0 Å². The maximum absolute atomic E-state index is 11.5. The first-order valence-electron chi connectivity index (χ1n) is 7.02. The number of benzene rings is 1. The fraction of sp³-hybridized carbons (Fsp3) is 0.312. The van der Waals surface area contributed by atoms with Gasteiger partial charge < -0.3 is 4.42 Å². The Kier molecular flexibility index (Phi) is 4.03. The lowest BCUT2D eigenvalue weighted by atomic mass is 10.1. The predicted molar refractivity (Wildman–Crippen MR) is 83.1 cm³/mol. The van der Waals surface area contributed by atoms with Crippen molar-refractivity contribution in [2.24, 2.45) is 5.84 Å². The van der Waals surface area contributed by atoms with E-state index in [1.54, 1.807) is 11.8 Å². The second-order valence-corrected chi connectivity index (χ2v) is 6.32. The smallest absolute Gasteiger partial charge is 0.301 e. The molecular weight excluding hydrogens is 284 g/mol. The lowest BCUT2D eigenvalue weighted by Gasteiger charge is -2.03. The number of aryl methyl sites for hydroxylation is 3. The quantitative estimate of drug-likeness (QED) is 0.394. The number of rotatable bonds is 4. The van der Waals surface area contributed by atoms with Gasteiger partial charge in [0.05, 0.1) is 5.75 Å². The van der Waals surface area contributed by atoms with E-state index in [1.165, 1.54) is 35.3 Å². The molecule has 21 heavy (non-hydrogen) atoms. The second-order valence-electron chi connectivity index (χ2n) is 5.27. The molecule has 0 saturated heterocycles. The van der Waals surface area contributed by atoms with Gasteiger partial charge in [0, 0.05) is 10.5 Å². The van der Waals surface area contributed by atoms with Gasteiger partial charge in [0.25, 0.3) is 0 Å². The predicted octanol–water partition coefficient (Wildman–Crippen LogP) is 2.97. The minimum absolute atomic E-state index is 0.294. The molecule has 1 aliphatic rings. The highest BCUT2D eigenvalue weighted by molar-refractivity contribution is 7.98. The number of nitrogens with one attached hydrogen (secondary N) is 1. The third-order valence-electron chi connectivity index (χ3n) is 3.76. The standard InChI is InChI=1S/C16H18N2O2S/c1-10-7-13(20-15(10)16(19)18-17)9-21-14-6-5-11-3-2-4-12(11)8-14/h5-8H,2-4,9,17H2,1H3,(H,18,19). The van der Waals surface area contributed by atoms with Gasteiger partial charge in [-0.25, -0.2) is 5.84 Å². The largest absolute Gasteiger partial charge is 0.455 e. The first kappa shape index (κ1) is 14.2. The summed E-state index contributed by atoms with van der Waals surface area (Å²) in [6, 6.07) is 8.56. The Balaban J connectivity index is 1.69. The van der Waals surface area contributed by atoms with Crippen LogP contribution in [-0.4, -0.2) is 5.91 Å². The van der Waals surface area contributed by atoms with Crippen LogP contribution in [0.15, 0.2) is 33.6 Å². The number of fused-ring (bicyclic) bond motifs is 1. The number of furan rings is 1. The Morgan fingerprint density at radius 3 is 2.95 bits per heavy atom. The van der Waals surface area contributed by atoms with E-state index in [1.807, 2.05) is 13.0 Å². The van der Waals surface area contributed by atoms with Crippen LogP contribution < -0.4 is 11.3 Å². The van der Waals surface area contributed by atoms with E-state index in [-0.39, 0.29) is 5.91 Å². The van der Waals surface area contributed by atoms with E-state index < -0.39 is 0 Å². The molecule has 5 heteroatoms. The van der Waals surface area contributed by atoms with Crippen molar-refractivity contribution in [1.82, 2.24) is 5.43 Å². The van der Waals surface area contributed by atoms with Crippen LogP contribution in [-0.2, 0) is 18.6 Å². The number of nitrogen functional groups attached to an aromatic ring is 1. The Morgan fingerprint density at radius 1 is 1.33 bits per heavy atom. The summed E-state index contributed by atoms with van der Waals surface area (Å²) in [5, 5.41) is 0. The van der Waals surface area contributed by atoms with E-state index in [9.17, 15) is 4.79 Å². The number of amides is 1. The molecule has 110 valence electrons. The molecule has 3 N–H and O–H groups in total. The first-order valence-corrected chi connectivity index (χ1v) is 8.01. The fourth-order valence-electron chi connectivity index (χ4n) is 2.70. The highest BCUT2D eigenvalue weighted by Crippen LogP contribution is 2.30. The lowest BCUT2D eigenvalue weighted by molar-refractivity contribution is 0.0923. The van der Waals surface area contributed by atoms with Crippen LogP contribution in [0.25, 0.3) is 0 Å². The average molecular weight is 302 g/mol. The molecule has 0 fully saturated rings. The molecule has 0 radical (unpaired) electrons. The molecule has 1 amide bonds. The van der Waals surface area contributed by atoms with Gasteiger partial charge in [-0.1, -0.05) is 6.07 Å². The topological polar surface area (TPSA) is 68.3 Å². The second kappa shape index (κ2) is 5.95. The average Bonchev–Trinajstić information content (AvgIpc) is 3.10. The molecule has 0 saturated carbocycles. The number of carbonyl (C=O) groups is 1. The number of hydrazine groups is 1. The van der Waals surface area contributed by atoms with Crippen molar-refractivity contribution in [3.05, 3.63) is 52.5 Å². The van der Waals surface area contributed by atoms with Crippen molar-refractivity contribution >= 4 is 17.7 Å². The van der Waals surface area contributed by atoms with Crippen LogP contribution in [0.1, 0.15) is 39.4 Å². The number of nitrogens with two attached hydrogens (primary N) is 1. The van der Waals surface area contributed by atoms with Gasteiger partial charge >= 0.3 is 5.91 Å². The Hall–Kier alpha value is -1.72. The van der Waals surface area contributed by atoms with Crippen molar-refractivity contribution < 1.29 is 9.21 Å². The Morgan fingerprint density at radius 2 is 2.14 bits per heavy atom. The monoisotopic (exact) mass is 302 g/mol. The van der Waals surface area contributed by atoms with Gasteiger partial charge in [0.2, 0.25) is 0 Å². The van der Waals surface area contributed by atoms with Crippen molar-refractivity contribution in [2.75, 3.05) is 0 Å². The zero-order chi connectivity index (χ0) is 14.8. The van der Waals surface area contributed by atoms with E-state index in [0.29, 0.717) is 11.5 Å². The van der Waals surface area contributed by atoms with E-state index in [4.69, 9.17) is 10.3 Å². The summed E-state index contributed by atoms with van der Waals surface area (Å²) in [7, 11) is 0. The van der Waals surface area contributed by atoms with Gasteiger partial charge in [0.1, 0.15) is 5.76 Å². The molecule has 0 aliphatic heterocycles. The van der Waals surface area contributed by atoms with E-state index in [2.05, 4.69) is 23.6 Å². The zero-order valence-corrected chi connectivity index (χ0v) is 12.8. The molecule has 4 nitrogen and oxygen atoms in total. The molecule has 0 bridgehead atoms. The zero-order valence-electron chi connectivity index (χ0n) is 11.9. The van der Waals surface area contributed by atoms with Crippen LogP contribution in [0, 0.1) is 6.92 Å². The SMILES string of the molecule is Cc1cc(CSc2ccc3c(c2)CCC3)oc1C(=O)NN. The molecule has 3 rings (SSSR count). The molecule has 1 aromatic heterocycles. The molecule has 1 heterocycles. The molecule has 0 spiro atoms. The molecule has 1 aliphatic carbocycles. The van der Waals surface area contributed by atoms with Gasteiger partial charge in [-0.3, -0.25) is 10.2 Å². The van der Waals surface area contributed by atoms with Crippen molar-refractivity contribution in [3.8, 4) is 0 Å². The third kappa shape index (κ3) is 2.99. The summed E-state index contributed by atoms with van der Waals surface area (Å²) in [6.07, 6.45) is 3.65. The summed E-state index contributed by atoms with van der Waals surface area (Å²) in [5.74, 6) is 6.53. The Bertz CT molecular complexity index is 679. The fourth-order valence-corrected chi connectivity index (χ4v) is 3.54. The molecule has 0 unspecified atom stereocenters. The summed E-state index contributed by atoms with van der Waals surface area (Å²) in [5.41, 5.74) is 5.86. The molecule has 2 aromatic rings. The van der Waals surface area contributed by atoms with Crippen molar-refractivity contribution in [1.29, 1.82) is 0 Å². The third-order valence-corrected chi connectivity index (χ3v) is 4.77. The highest BCUT2D eigenvalue weighted by Gasteiger charge is 2.15. The summed E-state index contributed by atoms with van der Waals surface area (Å²) < 4.78 is 5.57. The minimum Gasteiger partial charge on any atom is -0.455 e. The molecular formula is C16H18N2O2S. The number of thioether (sulfide) groups is 1. The minimum atomic E-state index is -0.388. The number of hydrogen-bond acceptors (Lipinski definition) is 4. The van der Waals surface area contributed by atoms with E-state index in [0.717, 1.165) is 11.3 Å². The van der Waals surface area contributed by atoms with Crippen LogP contribution in [0.4, 0.5) is 0 Å². The van der Waals surface area contributed by atoms with Gasteiger partial charge in [-0.15, -0.1) is 11.8 Å². The Labute approximate surface area is 128 Å². The highest BCUT2D eigenvalue weighted by atomic mass is 32.2. The van der Waals surface area contributed by atoms with Crippen LogP contribution in [0.2, 0.25) is 0 Å². The lowest BCUT2D eigenvalue weighted by Crippen LogP contribution is -2.30. The first-order chi connectivity index (χ1) is 10.2. The van der Waals surface area contributed by atoms with Gasteiger partial charge in [-0.05, 0) is 55.5 Å².